The molecule has 0 heterocycles. The van der Waals surface area contributed by atoms with Gasteiger partial charge in [-0.3, -0.25) is 9.59 Å². The van der Waals surface area contributed by atoms with Crippen molar-refractivity contribution in [2.24, 2.45) is 5.73 Å². The van der Waals surface area contributed by atoms with Crippen LogP contribution in [-0.2, 0) is 5.41 Å². The summed E-state index contributed by atoms with van der Waals surface area (Å²) in [6.07, 6.45) is 0.682. The molecule has 3 aromatic rings. The Morgan fingerprint density at radius 2 is 1.51 bits per heavy atom. The molecule has 0 saturated carbocycles. The lowest BCUT2D eigenvalue weighted by molar-refractivity contribution is 0.101. The summed E-state index contributed by atoms with van der Waals surface area (Å²) in [7, 11) is 1.57. The van der Waals surface area contributed by atoms with Crippen LogP contribution in [-0.4, -0.2) is 32.1 Å². The van der Waals surface area contributed by atoms with Crippen molar-refractivity contribution in [3.8, 4) is 11.5 Å². The average molecular weight is 476 g/mol. The SMILES string of the molecule is COc1ccc(C(=O)Nc2ccccc2NC(=O)c2ccc(C(C)(C)C)cc2OCCCN)cc1. The lowest BCUT2D eigenvalue weighted by Crippen LogP contribution is -2.19. The summed E-state index contributed by atoms with van der Waals surface area (Å²) in [4.78, 5) is 26.0. The van der Waals surface area contributed by atoms with E-state index in [2.05, 4.69) is 31.4 Å². The molecule has 3 aromatic carbocycles. The Bertz CT molecular complexity index is 1170. The van der Waals surface area contributed by atoms with E-state index in [0.29, 0.717) is 53.6 Å². The van der Waals surface area contributed by atoms with E-state index in [1.165, 1.54) is 0 Å². The second kappa shape index (κ2) is 11.5. The summed E-state index contributed by atoms with van der Waals surface area (Å²) in [6, 6.07) is 19.5. The fraction of sp³-hybridized carbons (Fsp3) is 0.286. The zero-order chi connectivity index (χ0) is 25.4. The van der Waals surface area contributed by atoms with E-state index in [4.69, 9.17) is 15.2 Å². The number of para-hydroxylation sites is 2. The molecule has 0 aliphatic carbocycles. The molecule has 0 atom stereocenters. The molecule has 7 heteroatoms. The maximum absolute atomic E-state index is 13.3. The minimum absolute atomic E-state index is 0.0979. The smallest absolute Gasteiger partial charge is 0.259 e. The van der Waals surface area contributed by atoms with Crippen molar-refractivity contribution in [3.05, 3.63) is 83.4 Å². The molecule has 0 fully saturated rings. The second-order valence-corrected chi connectivity index (χ2v) is 9.13. The van der Waals surface area contributed by atoms with Crippen molar-refractivity contribution in [1.29, 1.82) is 0 Å². The van der Waals surface area contributed by atoms with Gasteiger partial charge in [-0.25, -0.2) is 0 Å². The summed E-state index contributed by atoms with van der Waals surface area (Å²) >= 11 is 0. The van der Waals surface area contributed by atoms with Crippen molar-refractivity contribution in [2.75, 3.05) is 30.9 Å². The van der Waals surface area contributed by atoms with Crippen LogP contribution in [0, 0.1) is 0 Å². The summed E-state index contributed by atoms with van der Waals surface area (Å²) < 4.78 is 11.1. The van der Waals surface area contributed by atoms with Gasteiger partial charge in [-0.05, 0) is 72.5 Å². The fourth-order valence-electron chi connectivity index (χ4n) is 3.39. The van der Waals surface area contributed by atoms with Crippen LogP contribution in [0.1, 0.15) is 53.5 Å². The molecule has 4 N–H and O–H groups in total. The number of rotatable bonds is 9. The molecule has 0 spiro atoms. The third kappa shape index (κ3) is 6.83. The maximum atomic E-state index is 13.3. The van der Waals surface area contributed by atoms with Crippen molar-refractivity contribution in [3.63, 3.8) is 0 Å². The molecule has 0 radical (unpaired) electrons. The highest BCUT2D eigenvalue weighted by atomic mass is 16.5. The number of ether oxygens (including phenoxy) is 2. The third-order valence-corrected chi connectivity index (χ3v) is 5.47. The predicted octanol–water partition coefficient (Wildman–Crippen LogP) is 5.22. The first-order valence-corrected chi connectivity index (χ1v) is 11.6. The van der Waals surface area contributed by atoms with Crippen LogP contribution in [0.15, 0.2) is 66.7 Å². The van der Waals surface area contributed by atoms with Crippen LogP contribution in [0.4, 0.5) is 11.4 Å². The second-order valence-electron chi connectivity index (χ2n) is 9.13. The number of carbonyl (C=O) groups is 2. The standard InChI is InChI=1S/C28H33N3O4/c1-28(2,3)20-12-15-22(25(18-20)35-17-7-16-29)27(33)31-24-9-6-5-8-23(24)30-26(32)19-10-13-21(34-4)14-11-19/h5-6,8-15,18H,7,16-17,29H2,1-4H3,(H,30,32)(H,31,33). The van der Waals surface area contributed by atoms with Gasteiger partial charge in [-0.15, -0.1) is 0 Å². The highest BCUT2D eigenvalue weighted by Crippen LogP contribution is 2.30. The fourth-order valence-corrected chi connectivity index (χ4v) is 3.39. The highest BCUT2D eigenvalue weighted by Gasteiger charge is 2.20. The monoisotopic (exact) mass is 475 g/mol. The van der Waals surface area contributed by atoms with E-state index in [1.807, 2.05) is 12.1 Å². The quantitative estimate of drug-likeness (QED) is 0.368. The van der Waals surface area contributed by atoms with Crippen molar-refractivity contribution in [1.82, 2.24) is 0 Å². The lowest BCUT2D eigenvalue weighted by Gasteiger charge is -2.21. The minimum atomic E-state index is -0.334. The van der Waals surface area contributed by atoms with E-state index in [0.717, 1.165) is 5.56 Å². The predicted molar refractivity (Wildman–Crippen MR) is 140 cm³/mol. The minimum Gasteiger partial charge on any atom is -0.497 e. The van der Waals surface area contributed by atoms with Crippen LogP contribution in [0.2, 0.25) is 0 Å². The number of hydrogen-bond donors (Lipinski definition) is 3. The van der Waals surface area contributed by atoms with Gasteiger partial charge < -0.3 is 25.8 Å². The summed E-state index contributed by atoms with van der Waals surface area (Å²) in [5.74, 6) is 0.536. The van der Waals surface area contributed by atoms with Crippen LogP contribution in [0.5, 0.6) is 11.5 Å². The number of methoxy groups -OCH3 is 1. The summed E-state index contributed by atoms with van der Waals surface area (Å²) in [6.45, 7) is 7.23. The van der Waals surface area contributed by atoms with Crippen LogP contribution in [0.3, 0.4) is 0 Å². The van der Waals surface area contributed by atoms with Gasteiger partial charge in [0.05, 0.1) is 30.7 Å². The zero-order valence-corrected chi connectivity index (χ0v) is 20.7. The molecule has 0 aliphatic heterocycles. The van der Waals surface area contributed by atoms with E-state index in [1.54, 1.807) is 61.7 Å². The molecular formula is C28H33N3O4. The number of carbonyl (C=O) groups excluding carboxylic acids is 2. The molecule has 2 amide bonds. The Labute approximate surface area is 206 Å². The molecule has 0 unspecified atom stereocenters. The molecule has 184 valence electrons. The van der Waals surface area contributed by atoms with Gasteiger partial charge in [0, 0.05) is 5.56 Å². The molecule has 0 bridgehead atoms. The van der Waals surface area contributed by atoms with Gasteiger partial charge in [0.15, 0.2) is 0 Å². The topological polar surface area (TPSA) is 103 Å². The van der Waals surface area contributed by atoms with E-state index in [-0.39, 0.29) is 17.2 Å². The van der Waals surface area contributed by atoms with E-state index < -0.39 is 0 Å². The number of hydrogen-bond acceptors (Lipinski definition) is 5. The number of benzene rings is 3. The Morgan fingerprint density at radius 1 is 0.886 bits per heavy atom. The molecule has 7 nitrogen and oxygen atoms in total. The Balaban J connectivity index is 1.82. The Kier molecular flexibility index (Phi) is 8.49. The van der Waals surface area contributed by atoms with E-state index in [9.17, 15) is 9.59 Å². The van der Waals surface area contributed by atoms with Crippen molar-refractivity contribution < 1.29 is 19.1 Å². The lowest BCUT2D eigenvalue weighted by atomic mass is 9.86. The van der Waals surface area contributed by atoms with Crippen molar-refractivity contribution in [2.45, 2.75) is 32.6 Å². The Morgan fingerprint density at radius 3 is 2.09 bits per heavy atom. The third-order valence-electron chi connectivity index (χ3n) is 5.47. The zero-order valence-electron chi connectivity index (χ0n) is 20.7. The van der Waals surface area contributed by atoms with Gasteiger partial charge in [0.25, 0.3) is 11.8 Å². The number of nitrogens with two attached hydrogens (primary N) is 1. The number of amides is 2. The first kappa shape index (κ1) is 25.8. The van der Waals surface area contributed by atoms with Crippen LogP contribution < -0.4 is 25.8 Å². The molecule has 3 rings (SSSR count). The molecule has 35 heavy (non-hydrogen) atoms. The number of anilines is 2. The highest BCUT2D eigenvalue weighted by molar-refractivity contribution is 6.10. The molecule has 0 aliphatic rings. The van der Waals surface area contributed by atoms with Gasteiger partial charge >= 0.3 is 0 Å². The summed E-state index contributed by atoms with van der Waals surface area (Å²) in [5.41, 5.74) is 8.41. The molecule has 0 saturated heterocycles. The average Bonchev–Trinajstić information content (AvgIpc) is 2.84. The van der Waals surface area contributed by atoms with E-state index >= 15 is 0 Å². The largest absolute Gasteiger partial charge is 0.497 e. The van der Waals surface area contributed by atoms with Gasteiger partial charge in [-0.2, -0.15) is 0 Å². The van der Waals surface area contributed by atoms with Crippen LogP contribution >= 0.6 is 0 Å². The van der Waals surface area contributed by atoms with Gasteiger partial charge in [-0.1, -0.05) is 39.0 Å². The van der Waals surface area contributed by atoms with Crippen LogP contribution in [0.25, 0.3) is 0 Å². The molecular weight excluding hydrogens is 442 g/mol. The number of nitrogens with one attached hydrogen (secondary N) is 2. The summed E-state index contributed by atoms with van der Waals surface area (Å²) in [5, 5.41) is 5.78. The normalized spacial score (nSPS) is 11.0. The maximum Gasteiger partial charge on any atom is 0.259 e. The first-order valence-electron chi connectivity index (χ1n) is 11.6. The molecule has 0 aromatic heterocycles. The van der Waals surface area contributed by atoms with Crippen molar-refractivity contribution >= 4 is 23.2 Å². The Hall–Kier alpha value is -3.84. The van der Waals surface area contributed by atoms with Gasteiger partial charge in [0.2, 0.25) is 0 Å². The van der Waals surface area contributed by atoms with Gasteiger partial charge in [0.1, 0.15) is 11.5 Å². The first-order chi connectivity index (χ1) is 16.7.